The van der Waals surface area contributed by atoms with E-state index in [-0.39, 0.29) is 42.3 Å². The third-order valence-electron chi connectivity index (χ3n) is 7.01. The number of nitrogens with one attached hydrogen (secondary N) is 1. The number of carbonyl (C=O) groups excluding carboxylic acids is 1. The van der Waals surface area contributed by atoms with Gasteiger partial charge in [-0.25, -0.2) is 4.39 Å². The van der Waals surface area contributed by atoms with Crippen molar-refractivity contribution in [3.63, 3.8) is 0 Å². The molecule has 3 atom stereocenters. The highest BCUT2D eigenvalue weighted by Crippen LogP contribution is 2.48. The van der Waals surface area contributed by atoms with Crippen LogP contribution in [0.3, 0.4) is 0 Å². The van der Waals surface area contributed by atoms with E-state index in [2.05, 4.69) is 16.3 Å². The fourth-order valence-electron chi connectivity index (χ4n) is 5.56. The maximum absolute atomic E-state index is 13.8. The van der Waals surface area contributed by atoms with E-state index < -0.39 is 0 Å². The average Bonchev–Trinajstić information content (AvgIpc) is 3.43. The van der Waals surface area contributed by atoms with Crippen LogP contribution in [0.5, 0.6) is 0 Å². The molecule has 5 rings (SSSR count). The maximum atomic E-state index is 13.8. The Labute approximate surface area is 170 Å². The number of fused-ring (bicyclic) bond motifs is 3. The lowest BCUT2D eigenvalue weighted by Gasteiger charge is -2.40. The molecule has 152 valence electrons. The largest absolute Gasteiger partial charge is 0.394 e. The van der Waals surface area contributed by atoms with Gasteiger partial charge in [-0.05, 0) is 60.2 Å². The van der Waals surface area contributed by atoms with Crippen LogP contribution in [-0.4, -0.2) is 35.1 Å². The Bertz CT molecular complexity index is 925. The average molecular weight is 394 g/mol. The number of carbonyl (C=O) groups is 1. The van der Waals surface area contributed by atoms with Crippen molar-refractivity contribution in [2.24, 2.45) is 11.8 Å². The summed E-state index contributed by atoms with van der Waals surface area (Å²) in [5, 5.41) is 13.4. The second kappa shape index (κ2) is 7.45. The summed E-state index contributed by atoms with van der Waals surface area (Å²) in [7, 11) is 0. The first-order valence-electron chi connectivity index (χ1n) is 10.7. The number of aliphatic hydroxyl groups excluding tert-OH is 1. The fraction of sp³-hybridized carbons (Fsp3) is 0.458. The molecule has 2 N–H and O–H groups in total. The van der Waals surface area contributed by atoms with E-state index in [4.69, 9.17) is 0 Å². The number of anilines is 1. The van der Waals surface area contributed by atoms with E-state index in [1.165, 1.54) is 6.07 Å². The lowest BCUT2D eigenvalue weighted by molar-refractivity contribution is -0.136. The van der Waals surface area contributed by atoms with Crippen molar-refractivity contribution in [1.29, 1.82) is 0 Å². The predicted molar refractivity (Wildman–Crippen MR) is 111 cm³/mol. The molecule has 4 nitrogen and oxygen atoms in total. The number of rotatable bonds is 3. The molecule has 2 aromatic carbocycles. The summed E-state index contributed by atoms with van der Waals surface area (Å²) in [6.07, 6.45) is 5.15. The van der Waals surface area contributed by atoms with Gasteiger partial charge in [0.1, 0.15) is 5.82 Å². The first-order valence-corrected chi connectivity index (χ1v) is 10.7. The normalized spacial score (nSPS) is 26.1. The number of hydrogen-bond donors (Lipinski definition) is 2. The van der Waals surface area contributed by atoms with Crippen LogP contribution in [0.25, 0.3) is 11.1 Å². The van der Waals surface area contributed by atoms with Crippen LogP contribution >= 0.6 is 0 Å². The van der Waals surface area contributed by atoms with E-state index in [1.807, 2.05) is 18.2 Å². The third kappa shape index (κ3) is 3.21. The van der Waals surface area contributed by atoms with Gasteiger partial charge in [0.15, 0.2) is 0 Å². The van der Waals surface area contributed by atoms with Crippen LogP contribution in [0.2, 0.25) is 0 Å². The summed E-state index contributed by atoms with van der Waals surface area (Å²) in [6.45, 7) is 0.796. The Kier molecular flexibility index (Phi) is 4.78. The van der Waals surface area contributed by atoms with Crippen LogP contribution in [-0.2, 0) is 4.79 Å². The molecule has 2 heterocycles. The van der Waals surface area contributed by atoms with Gasteiger partial charge in [-0.1, -0.05) is 31.0 Å². The highest BCUT2D eigenvalue weighted by atomic mass is 19.1. The number of likely N-dealkylation sites (tertiary alicyclic amines) is 1. The van der Waals surface area contributed by atoms with Crippen molar-refractivity contribution in [3.05, 3.63) is 53.8 Å². The van der Waals surface area contributed by atoms with Crippen molar-refractivity contribution in [3.8, 4) is 11.1 Å². The van der Waals surface area contributed by atoms with Gasteiger partial charge in [-0.3, -0.25) is 4.79 Å². The lowest BCUT2D eigenvalue weighted by atomic mass is 9.82. The molecule has 1 saturated heterocycles. The third-order valence-corrected chi connectivity index (χ3v) is 7.01. The van der Waals surface area contributed by atoms with Crippen LogP contribution in [0.15, 0.2) is 42.5 Å². The number of nitrogens with zero attached hydrogens (tertiary/aromatic N) is 1. The molecule has 0 aromatic heterocycles. The van der Waals surface area contributed by atoms with Gasteiger partial charge in [0.25, 0.3) is 0 Å². The van der Waals surface area contributed by atoms with E-state index in [9.17, 15) is 14.3 Å². The van der Waals surface area contributed by atoms with Crippen molar-refractivity contribution < 1.29 is 14.3 Å². The molecule has 2 aromatic rings. The van der Waals surface area contributed by atoms with Gasteiger partial charge < -0.3 is 15.3 Å². The second-order valence-corrected chi connectivity index (χ2v) is 8.66. The molecule has 2 fully saturated rings. The second-order valence-electron chi connectivity index (χ2n) is 8.66. The Morgan fingerprint density at radius 2 is 1.90 bits per heavy atom. The summed E-state index contributed by atoms with van der Waals surface area (Å²) in [4.78, 5) is 15.4. The van der Waals surface area contributed by atoms with Gasteiger partial charge in [0.05, 0.1) is 18.7 Å². The molecule has 1 saturated carbocycles. The Hall–Kier alpha value is -2.40. The molecule has 1 amide bonds. The summed E-state index contributed by atoms with van der Waals surface area (Å²) in [5.74, 6) is 0.359. The topological polar surface area (TPSA) is 52.6 Å². The molecule has 2 aliphatic heterocycles. The Morgan fingerprint density at radius 3 is 2.66 bits per heavy atom. The number of aliphatic hydroxyl groups is 1. The minimum Gasteiger partial charge on any atom is -0.394 e. The van der Waals surface area contributed by atoms with Crippen molar-refractivity contribution >= 4 is 11.6 Å². The molecule has 29 heavy (non-hydrogen) atoms. The monoisotopic (exact) mass is 394 g/mol. The minimum atomic E-state index is -0.254. The fourth-order valence-corrected chi connectivity index (χ4v) is 5.56. The highest BCUT2D eigenvalue weighted by Gasteiger charge is 2.47. The predicted octanol–water partition coefficient (Wildman–Crippen LogP) is 4.36. The van der Waals surface area contributed by atoms with Gasteiger partial charge in [-0.15, -0.1) is 0 Å². The Morgan fingerprint density at radius 1 is 1.10 bits per heavy atom. The molecule has 5 heteroatoms. The van der Waals surface area contributed by atoms with Gasteiger partial charge >= 0.3 is 0 Å². The molecular weight excluding hydrogens is 367 g/mol. The molecule has 0 spiro atoms. The van der Waals surface area contributed by atoms with E-state index in [0.29, 0.717) is 0 Å². The summed E-state index contributed by atoms with van der Waals surface area (Å²) >= 11 is 0. The lowest BCUT2D eigenvalue weighted by Crippen LogP contribution is -2.44. The first-order chi connectivity index (χ1) is 14.2. The molecule has 0 unspecified atom stereocenters. The number of amides is 1. The Balaban J connectivity index is 1.55. The zero-order valence-electron chi connectivity index (χ0n) is 16.5. The highest BCUT2D eigenvalue weighted by molar-refractivity contribution is 5.81. The van der Waals surface area contributed by atoms with Crippen LogP contribution < -0.4 is 5.32 Å². The van der Waals surface area contributed by atoms with Gasteiger partial charge in [-0.2, -0.15) is 0 Å². The van der Waals surface area contributed by atoms with E-state index in [1.54, 1.807) is 12.1 Å². The number of halogens is 1. The van der Waals surface area contributed by atoms with E-state index >= 15 is 0 Å². The molecule has 3 aliphatic rings. The molecular formula is C24H27FN2O2. The van der Waals surface area contributed by atoms with Crippen molar-refractivity contribution in [2.45, 2.75) is 44.2 Å². The zero-order chi connectivity index (χ0) is 20.0. The summed E-state index contributed by atoms with van der Waals surface area (Å²) in [5.41, 5.74) is 3.84. The van der Waals surface area contributed by atoms with Gasteiger partial charge in [0.2, 0.25) is 5.91 Å². The molecule has 1 aliphatic carbocycles. The quantitative estimate of drug-likeness (QED) is 0.813. The number of hydrogen-bond acceptors (Lipinski definition) is 3. The maximum Gasteiger partial charge on any atom is 0.226 e. The first kappa shape index (κ1) is 18.6. The van der Waals surface area contributed by atoms with Gasteiger partial charge in [0, 0.05) is 24.1 Å². The SMILES string of the molecule is O=C(C1CCCC1)N1CC[C@H]2[C@H](CO)Nc3ccc(-c4cccc(F)c4)cc3[C@H]21. The molecule has 0 bridgehead atoms. The van der Waals surface area contributed by atoms with E-state index in [0.717, 1.165) is 61.0 Å². The van der Waals surface area contributed by atoms with Crippen LogP contribution in [0.4, 0.5) is 10.1 Å². The van der Waals surface area contributed by atoms with Crippen molar-refractivity contribution in [1.82, 2.24) is 4.90 Å². The standard InChI is InChI=1S/C24H27FN2O2/c25-18-7-3-6-16(12-18)17-8-9-21-20(13-17)23-19(22(14-28)26-21)10-11-27(23)24(29)15-4-1-2-5-15/h3,6-9,12-13,15,19,22-23,26,28H,1-2,4-5,10-11,14H2/t19-,22-,23-/m0/s1. The van der Waals surface area contributed by atoms with Crippen molar-refractivity contribution in [2.75, 3.05) is 18.5 Å². The zero-order valence-corrected chi connectivity index (χ0v) is 16.5. The number of benzene rings is 2. The summed E-state index contributed by atoms with van der Waals surface area (Å²) < 4.78 is 13.8. The smallest absolute Gasteiger partial charge is 0.226 e. The van der Waals surface area contributed by atoms with Crippen LogP contribution in [0.1, 0.15) is 43.7 Å². The summed E-state index contributed by atoms with van der Waals surface area (Å²) in [6, 6.07) is 12.6. The molecule has 0 radical (unpaired) electrons. The van der Waals surface area contributed by atoms with Crippen LogP contribution in [0, 0.1) is 17.7 Å². The minimum absolute atomic E-state index is 0.0231.